The van der Waals surface area contributed by atoms with Crippen LogP contribution in [0.3, 0.4) is 0 Å². The van der Waals surface area contributed by atoms with Crippen LogP contribution < -0.4 is 0 Å². The van der Waals surface area contributed by atoms with Gasteiger partial charge in [-0.15, -0.1) is 0 Å². The van der Waals surface area contributed by atoms with E-state index in [1.54, 1.807) is 0 Å². The Balaban J connectivity index is 0.000000145. The predicted molar refractivity (Wildman–Crippen MR) is 55.8 cm³/mol. The summed E-state index contributed by atoms with van der Waals surface area (Å²) in [4.78, 5) is 3.74. The van der Waals surface area contributed by atoms with Crippen molar-refractivity contribution >= 4 is 12.5 Å². The average Bonchev–Trinajstić information content (AvgIpc) is 2.77. The van der Waals surface area contributed by atoms with Crippen LogP contribution in [0, 0.1) is 0 Å². The van der Waals surface area contributed by atoms with E-state index >= 15 is 0 Å². The molecule has 0 fully saturated rings. The van der Waals surface area contributed by atoms with E-state index in [1.807, 2.05) is 36.4 Å². The van der Waals surface area contributed by atoms with Gasteiger partial charge in [0.2, 0.25) is 0 Å². The number of benzene rings is 1. The van der Waals surface area contributed by atoms with Gasteiger partial charge in [-0.05, 0) is 5.56 Å². The van der Waals surface area contributed by atoms with Gasteiger partial charge in [0.05, 0.1) is 6.54 Å². The van der Waals surface area contributed by atoms with Gasteiger partial charge >= 0.3 is 0 Å². The Morgan fingerprint density at radius 2 is 2.08 bits per heavy atom. The highest BCUT2D eigenvalue weighted by Crippen LogP contribution is 1.97. The first-order valence-corrected chi connectivity index (χ1v) is 4.21. The lowest BCUT2D eigenvalue weighted by Crippen LogP contribution is -1.80. The second kappa shape index (κ2) is 6.00. The third-order valence-corrected chi connectivity index (χ3v) is 1.52. The molecule has 0 N–H and O–H groups in total. The van der Waals surface area contributed by atoms with Crippen molar-refractivity contribution in [2.24, 2.45) is 4.99 Å². The van der Waals surface area contributed by atoms with Crippen molar-refractivity contribution < 1.29 is 4.74 Å². The van der Waals surface area contributed by atoms with Crippen LogP contribution in [0.1, 0.15) is 5.56 Å². The highest BCUT2D eigenvalue weighted by molar-refractivity contribution is 5.47. The quantitative estimate of drug-likeness (QED) is 0.642. The Labute approximate surface area is 78.6 Å². The molecule has 1 aliphatic heterocycles. The molecule has 1 aromatic rings. The number of ether oxygens (including phenoxy) is 1. The molecule has 0 aromatic heterocycles. The summed E-state index contributed by atoms with van der Waals surface area (Å²) in [5.41, 5.74) is 1.17. The Kier molecular flexibility index (Phi) is 4.39. The molecule has 13 heavy (non-hydrogen) atoms. The van der Waals surface area contributed by atoms with Crippen LogP contribution in [0.25, 0.3) is 6.08 Å². The van der Waals surface area contributed by atoms with Crippen molar-refractivity contribution in [2.75, 3.05) is 13.2 Å². The van der Waals surface area contributed by atoms with E-state index in [4.69, 9.17) is 0 Å². The summed E-state index contributed by atoms with van der Waals surface area (Å²) in [6, 6.07) is 10.0. The van der Waals surface area contributed by atoms with Gasteiger partial charge in [0.15, 0.2) is 6.40 Å². The molecule has 2 rings (SSSR count). The lowest BCUT2D eigenvalue weighted by Gasteiger charge is -1.85. The van der Waals surface area contributed by atoms with Gasteiger partial charge in [-0.2, -0.15) is 0 Å². The fourth-order valence-electron chi connectivity index (χ4n) is 0.853. The highest BCUT2D eigenvalue weighted by Gasteiger charge is 1.84. The normalized spacial score (nSPS) is 12.6. The summed E-state index contributed by atoms with van der Waals surface area (Å²) in [7, 11) is 0. The molecule has 0 bridgehead atoms. The van der Waals surface area contributed by atoms with Crippen LogP contribution in [-0.2, 0) is 4.74 Å². The van der Waals surface area contributed by atoms with E-state index in [0.29, 0.717) is 0 Å². The second-order valence-corrected chi connectivity index (χ2v) is 2.50. The van der Waals surface area contributed by atoms with E-state index in [9.17, 15) is 0 Å². The zero-order valence-corrected chi connectivity index (χ0v) is 7.52. The maximum Gasteiger partial charge on any atom is 0.169 e. The molecule has 0 unspecified atom stereocenters. The minimum Gasteiger partial charge on any atom is -0.482 e. The zero-order valence-electron chi connectivity index (χ0n) is 7.52. The first-order chi connectivity index (χ1) is 6.43. The van der Waals surface area contributed by atoms with Crippen LogP contribution in [0.5, 0.6) is 0 Å². The number of rotatable bonds is 1. The Morgan fingerprint density at radius 1 is 1.31 bits per heavy atom. The standard InChI is InChI=1S/C8H8.C3H5NO/c1-2-8-6-4-3-5-7-8;1-2-5-3-4-1/h2-7H,1H2;3H,1-2H2. The van der Waals surface area contributed by atoms with Gasteiger partial charge in [0.25, 0.3) is 0 Å². The number of hydrogen-bond donors (Lipinski definition) is 0. The Bertz CT molecular complexity index is 261. The lowest BCUT2D eigenvalue weighted by atomic mass is 10.2. The van der Waals surface area contributed by atoms with Crippen molar-refractivity contribution in [3.63, 3.8) is 0 Å². The monoisotopic (exact) mass is 175 g/mol. The fraction of sp³-hybridized carbons (Fsp3) is 0.182. The summed E-state index contributed by atoms with van der Waals surface area (Å²) in [5, 5.41) is 0. The van der Waals surface area contributed by atoms with Gasteiger partial charge in [0, 0.05) is 0 Å². The van der Waals surface area contributed by atoms with Crippen LogP contribution in [0.2, 0.25) is 0 Å². The topological polar surface area (TPSA) is 21.6 Å². The number of hydrogen-bond acceptors (Lipinski definition) is 2. The lowest BCUT2D eigenvalue weighted by molar-refractivity contribution is 0.361. The molecule has 1 aliphatic rings. The molecule has 1 aromatic carbocycles. The van der Waals surface area contributed by atoms with Gasteiger partial charge in [-0.3, -0.25) is 4.99 Å². The van der Waals surface area contributed by atoms with Crippen molar-refractivity contribution in [3.8, 4) is 0 Å². The maximum atomic E-state index is 4.65. The molecule has 0 aliphatic carbocycles. The van der Waals surface area contributed by atoms with Gasteiger partial charge in [-0.25, -0.2) is 0 Å². The first kappa shape index (κ1) is 9.52. The minimum absolute atomic E-state index is 0.778. The Morgan fingerprint density at radius 3 is 2.38 bits per heavy atom. The SMILES string of the molecule is C1=NCCO1.C=Cc1ccccc1. The van der Waals surface area contributed by atoms with E-state index in [0.717, 1.165) is 13.2 Å². The maximum absolute atomic E-state index is 4.65. The van der Waals surface area contributed by atoms with Crippen LogP contribution >= 0.6 is 0 Å². The molecule has 2 nitrogen and oxygen atoms in total. The number of aliphatic imine (C=N–C) groups is 1. The van der Waals surface area contributed by atoms with Crippen molar-refractivity contribution in [1.82, 2.24) is 0 Å². The third-order valence-electron chi connectivity index (χ3n) is 1.52. The van der Waals surface area contributed by atoms with Crippen molar-refractivity contribution in [2.45, 2.75) is 0 Å². The molecule has 68 valence electrons. The summed E-state index contributed by atoms with van der Waals surface area (Å²) in [5.74, 6) is 0. The second-order valence-electron chi connectivity index (χ2n) is 2.50. The van der Waals surface area contributed by atoms with Crippen LogP contribution in [-0.4, -0.2) is 19.6 Å². The van der Waals surface area contributed by atoms with Gasteiger partial charge < -0.3 is 4.74 Å². The summed E-state index contributed by atoms with van der Waals surface area (Å²) < 4.78 is 4.65. The van der Waals surface area contributed by atoms with Gasteiger partial charge in [-0.1, -0.05) is 43.0 Å². The molecular formula is C11H13NO. The van der Waals surface area contributed by atoms with E-state index in [-0.39, 0.29) is 0 Å². The van der Waals surface area contributed by atoms with E-state index in [2.05, 4.69) is 16.3 Å². The summed E-state index contributed by atoms with van der Waals surface area (Å²) >= 11 is 0. The molecule has 0 saturated heterocycles. The Hall–Kier alpha value is -1.57. The minimum atomic E-state index is 0.778. The molecule has 2 heteroatoms. The molecule has 0 spiro atoms. The van der Waals surface area contributed by atoms with Gasteiger partial charge in [0.1, 0.15) is 6.61 Å². The van der Waals surface area contributed by atoms with Crippen LogP contribution in [0.15, 0.2) is 41.9 Å². The molecule has 0 saturated carbocycles. The highest BCUT2D eigenvalue weighted by atomic mass is 16.5. The molecule has 1 heterocycles. The zero-order chi connectivity index (χ0) is 9.36. The van der Waals surface area contributed by atoms with E-state index < -0.39 is 0 Å². The van der Waals surface area contributed by atoms with Crippen LogP contribution in [0.4, 0.5) is 0 Å². The third kappa shape index (κ3) is 4.11. The smallest absolute Gasteiger partial charge is 0.169 e. The molecular weight excluding hydrogens is 162 g/mol. The van der Waals surface area contributed by atoms with E-state index in [1.165, 1.54) is 12.0 Å². The molecule has 0 amide bonds. The molecule has 0 radical (unpaired) electrons. The average molecular weight is 175 g/mol. The van der Waals surface area contributed by atoms with Crippen molar-refractivity contribution in [3.05, 3.63) is 42.5 Å². The number of nitrogens with zero attached hydrogens (tertiary/aromatic N) is 1. The first-order valence-electron chi connectivity index (χ1n) is 4.21. The molecule has 0 atom stereocenters. The van der Waals surface area contributed by atoms with Crippen molar-refractivity contribution in [1.29, 1.82) is 0 Å². The fourth-order valence-corrected chi connectivity index (χ4v) is 0.853. The summed E-state index contributed by atoms with van der Waals surface area (Å²) in [6.07, 6.45) is 3.32. The summed E-state index contributed by atoms with van der Waals surface area (Å²) in [6.45, 7) is 5.26. The predicted octanol–water partition coefficient (Wildman–Crippen LogP) is 2.37. The largest absolute Gasteiger partial charge is 0.482 e.